The Bertz CT molecular complexity index is 1010. The van der Waals surface area contributed by atoms with Gasteiger partial charge in [-0.1, -0.05) is 73.7 Å². The maximum absolute atomic E-state index is 6.06. The third-order valence-electron chi connectivity index (χ3n) is 6.92. The first-order chi connectivity index (χ1) is 14.5. The van der Waals surface area contributed by atoms with E-state index in [9.17, 15) is 0 Å². The molecule has 0 saturated carbocycles. The first-order valence-corrected chi connectivity index (χ1v) is 11.0. The monoisotopic (exact) mass is 435 g/mol. The van der Waals surface area contributed by atoms with E-state index in [0.29, 0.717) is 6.04 Å². The molecule has 31 heavy (non-hydrogen) atoms. The molecule has 0 amide bonds. The summed E-state index contributed by atoms with van der Waals surface area (Å²) in [5.74, 6) is 0. The van der Waals surface area contributed by atoms with Gasteiger partial charge in [0, 0.05) is 13.2 Å². The minimum atomic E-state index is -0.274. The van der Waals surface area contributed by atoms with Crippen molar-refractivity contribution in [2.24, 2.45) is 0 Å². The Morgan fingerprint density at radius 2 is 1.39 bits per heavy atom. The van der Waals surface area contributed by atoms with Crippen molar-refractivity contribution in [3.8, 4) is 22.3 Å². The van der Waals surface area contributed by atoms with Crippen molar-refractivity contribution in [1.29, 1.82) is 0 Å². The molecule has 0 radical (unpaired) electrons. The van der Waals surface area contributed by atoms with Crippen molar-refractivity contribution >= 4 is 12.4 Å². The van der Waals surface area contributed by atoms with Gasteiger partial charge in [-0.15, -0.1) is 12.4 Å². The minimum Gasteiger partial charge on any atom is -0.372 e. The van der Waals surface area contributed by atoms with Crippen molar-refractivity contribution in [3.63, 3.8) is 0 Å². The molecule has 0 aliphatic heterocycles. The number of ether oxygens (including phenoxy) is 1. The second-order valence-corrected chi connectivity index (χ2v) is 8.83. The second kappa shape index (κ2) is 9.56. The van der Waals surface area contributed by atoms with E-state index in [1.807, 2.05) is 7.11 Å². The predicted molar refractivity (Wildman–Crippen MR) is 134 cm³/mol. The van der Waals surface area contributed by atoms with E-state index in [-0.39, 0.29) is 18.0 Å². The van der Waals surface area contributed by atoms with Crippen molar-refractivity contribution < 1.29 is 4.74 Å². The molecule has 4 rings (SSSR count). The topological polar surface area (TPSA) is 12.5 Å². The number of nitrogens with zero attached hydrogens (tertiary/aromatic N) is 1. The third-order valence-corrected chi connectivity index (χ3v) is 6.92. The fourth-order valence-corrected chi connectivity index (χ4v) is 5.00. The van der Waals surface area contributed by atoms with Gasteiger partial charge in [-0.05, 0) is 79.2 Å². The van der Waals surface area contributed by atoms with E-state index in [2.05, 4.69) is 99.6 Å². The number of benzene rings is 3. The molecule has 2 unspecified atom stereocenters. The van der Waals surface area contributed by atoms with Crippen LogP contribution in [-0.4, -0.2) is 32.1 Å². The summed E-state index contributed by atoms with van der Waals surface area (Å²) in [6.07, 6.45) is 3.28. The van der Waals surface area contributed by atoms with E-state index < -0.39 is 0 Å². The SMILES string of the molecule is CCc1ccc(-c2ccc(-c3ccc4c(c3)CCC(N(C)C)C4(C)OC)cc2)cc1.Cl. The van der Waals surface area contributed by atoms with Crippen LogP contribution in [0.5, 0.6) is 0 Å². The molecular formula is C28H34ClNO. The van der Waals surface area contributed by atoms with E-state index in [0.717, 1.165) is 19.3 Å². The Morgan fingerprint density at radius 3 is 1.90 bits per heavy atom. The molecule has 1 aliphatic carbocycles. The van der Waals surface area contributed by atoms with Gasteiger partial charge in [-0.25, -0.2) is 0 Å². The van der Waals surface area contributed by atoms with Gasteiger partial charge in [0.15, 0.2) is 0 Å². The van der Waals surface area contributed by atoms with Gasteiger partial charge < -0.3 is 9.64 Å². The second-order valence-electron chi connectivity index (χ2n) is 8.83. The number of hydrogen-bond donors (Lipinski definition) is 0. The van der Waals surface area contributed by atoms with Crippen LogP contribution in [0, 0.1) is 0 Å². The lowest BCUT2D eigenvalue weighted by molar-refractivity contribution is -0.0686. The number of aryl methyl sites for hydroxylation is 2. The number of halogens is 1. The van der Waals surface area contributed by atoms with Gasteiger partial charge in [-0.3, -0.25) is 0 Å². The van der Waals surface area contributed by atoms with E-state index in [1.165, 1.54) is 38.9 Å². The Hall–Kier alpha value is -2.13. The molecule has 164 valence electrons. The summed E-state index contributed by atoms with van der Waals surface area (Å²) in [5.41, 5.74) is 8.92. The first-order valence-electron chi connectivity index (χ1n) is 11.0. The van der Waals surface area contributed by atoms with Crippen LogP contribution < -0.4 is 0 Å². The van der Waals surface area contributed by atoms with E-state index in [4.69, 9.17) is 4.74 Å². The molecule has 3 aromatic rings. The summed E-state index contributed by atoms with van der Waals surface area (Å²) in [5, 5.41) is 0. The van der Waals surface area contributed by atoms with E-state index in [1.54, 1.807) is 0 Å². The van der Waals surface area contributed by atoms with Crippen molar-refractivity contribution in [2.75, 3.05) is 21.2 Å². The third kappa shape index (κ3) is 4.43. The van der Waals surface area contributed by atoms with Crippen molar-refractivity contribution in [3.05, 3.63) is 83.4 Å². The van der Waals surface area contributed by atoms with Crippen LogP contribution in [-0.2, 0) is 23.2 Å². The zero-order valence-corrected chi connectivity index (χ0v) is 20.1. The van der Waals surface area contributed by atoms with Crippen LogP contribution in [0.25, 0.3) is 22.3 Å². The molecule has 0 heterocycles. The zero-order valence-electron chi connectivity index (χ0n) is 19.3. The van der Waals surface area contributed by atoms with E-state index >= 15 is 0 Å². The highest BCUT2D eigenvalue weighted by Gasteiger charge is 2.41. The number of rotatable bonds is 5. The molecule has 0 saturated heterocycles. The lowest BCUT2D eigenvalue weighted by Gasteiger charge is -2.45. The molecule has 2 atom stereocenters. The molecule has 1 aliphatic rings. The molecule has 3 heteroatoms. The number of hydrogen-bond acceptors (Lipinski definition) is 2. The lowest BCUT2D eigenvalue weighted by Crippen LogP contribution is -2.50. The molecule has 2 nitrogen and oxygen atoms in total. The highest BCUT2D eigenvalue weighted by molar-refractivity contribution is 5.85. The Kier molecular flexibility index (Phi) is 7.26. The van der Waals surface area contributed by atoms with Crippen LogP contribution >= 0.6 is 12.4 Å². The number of likely N-dealkylation sites (N-methyl/N-ethyl adjacent to an activating group) is 1. The average molecular weight is 436 g/mol. The average Bonchev–Trinajstić information content (AvgIpc) is 2.79. The van der Waals surface area contributed by atoms with Crippen LogP contribution in [0.15, 0.2) is 66.7 Å². The predicted octanol–water partition coefficient (Wildman–Crippen LogP) is 6.74. The molecule has 3 aromatic carbocycles. The first kappa shape index (κ1) is 23.5. The van der Waals surface area contributed by atoms with Gasteiger partial charge in [0.1, 0.15) is 5.60 Å². The fraction of sp³-hybridized carbons (Fsp3) is 0.357. The van der Waals surface area contributed by atoms with Crippen LogP contribution in [0.3, 0.4) is 0 Å². The number of fused-ring (bicyclic) bond motifs is 1. The molecule has 0 aromatic heterocycles. The lowest BCUT2D eigenvalue weighted by atomic mass is 9.75. The summed E-state index contributed by atoms with van der Waals surface area (Å²) in [6, 6.07) is 25.1. The molecular weight excluding hydrogens is 402 g/mol. The van der Waals surface area contributed by atoms with Crippen molar-refractivity contribution in [1.82, 2.24) is 4.90 Å². The summed E-state index contributed by atoms with van der Waals surface area (Å²) >= 11 is 0. The number of methoxy groups -OCH3 is 1. The highest BCUT2D eigenvalue weighted by atomic mass is 35.5. The smallest absolute Gasteiger partial charge is 0.106 e. The summed E-state index contributed by atoms with van der Waals surface area (Å²) in [4.78, 5) is 2.30. The summed E-state index contributed by atoms with van der Waals surface area (Å²) in [6.45, 7) is 4.42. The van der Waals surface area contributed by atoms with Crippen molar-refractivity contribution in [2.45, 2.75) is 44.8 Å². The summed E-state index contributed by atoms with van der Waals surface area (Å²) < 4.78 is 6.06. The fourth-order valence-electron chi connectivity index (χ4n) is 5.00. The maximum Gasteiger partial charge on any atom is 0.106 e. The quantitative estimate of drug-likeness (QED) is 0.439. The van der Waals surface area contributed by atoms with Crippen LogP contribution in [0.4, 0.5) is 0 Å². The minimum absolute atomic E-state index is 0. The standard InChI is InChI=1S/C28H33NO.ClH/c1-6-20-7-9-21(10-8-20)22-11-13-23(14-12-22)24-15-17-26-25(19-24)16-18-27(29(3)4)28(26,2)30-5;/h7-15,17,19,27H,6,16,18H2,1-5H3;1H. The molecule has 0 fully saturated rings. The van der Waals surface area contributed by atoms with Gasteiger partial charge in [0.25, 0.3) is 0 Å². The molecule has 0 N–H and O–H groups in total. The Morgan fingerprint density at radius 1 is 0.871 bits per heavy atom. The largest absolute Gasteiger partial charge is 0.372 e. The van der Waals surface area contributed by atoms with Crippen LogP contribution in [0.2, 0.25) is 0 Å². The van der Waals surface area contributed by atoms with Gasteiger partial charge in [0.2, 0.25) is 0 Å². The van der Waals surface area contributed by atoms with Gasteiger partial charge >= 0.3 is 0 Å². The Balaban J connectivity index is 0.00000272. The molecule has 0 spiro atoms. The Labute approximate surface area is 193 Å². The maximum atomic E-state index is 6.06. The normalized spacial score (nSPS) is 20.3. The zero-order chi connectivity index (χ0) is 21.3. The summed E-state index contributed by atoms with van der Waals surface area (Å²) in [7, 11) is 6.14. The van der Waals surface area contributed by atoms with Crippen LogP contribution in [0.1, 0.15) is 37.0 Å². The molecule has 0 bridgehead atoms. The van der Waals surface area contributed by atoms with Gasteiger partial charge in [-0.2, -0.15) is 0 Å². The van der Waals surface area contributed by atoms with Gasteiger partial charge in [0.05, 0.1) is 0 Å². The highest BCUT2D eigenvalue weighted by Crippen LogP contribution is 2.41.